The summed E-state index contributed by atoms with van der Waals surface area (Å²) >= 11 is 0. The highest BCUT2D eigenvalue weighted by Crippen LogP contribution is 2.41. The fourth-order valence-corrected chi connectivity index (χ4v) is 3.32. The number of phenolic OH excluding ortho intramolecular Hbond substituents is 1. The molecule has 0 radical (unpaired) electrons. The Morgan fingerprint density at radius 3 is 2.56 bits per heavy atom. The zero-order chi connectivity index (χ0) is 18.3. The fraction of sp³-hybridized carbons (Fsp3) is 0.650. The minimum Gasteiger partial charge on any atom is -0.508 e. The number of ether oxygens (including phenoxy) is 2. The van der Waals surface area contributed by atoms with E-state index in [9.17, 15) is 9.90 Å². The predicted molar refractivity (Wildman–Crippen MR) is 95.4 cm³/mol. The number of phenols is 1. The zero-order valence-corrected chi connectivity index (χ0v) is 15.2. The number of carboxylic acids is 1. The molecule has 1 aromatic carbocycles. The van der Waals surface area contributed by atoms with E-state index in [0.29, 0.717) is 6.61 Å². The van der Waals surface area contributed by atoms with E-state index in [1.54, 1.807) is 6.07 Å². The van der Waals surface area contributed by atoms with E-state index in [-0.39, 0.29) is 24.2 Å². The van der Waals surface area contributed by atoms with Crippen molar-refractivity contribution in [2.45, 2.75) is 70.7 Å². The van der Waals surface area contributed by atoms with Crippen molar-refractivity contribution in [1.82, 2.24) is 0 Å². The van der Waals surface area contributed by atoms with E-state index in [2.05, 4.69) is 0 Å². The summed E-state index contributed by atoms with van der Waals surface area (Å²) in [7, 11) is 0. The molecule has 0 bridgehead atoms. The van der Waals surface area contributed by atoms with Crippen LogP contribution in [0, 0.1) is 5.92 Å². The molecule has 1 saturated heterocycles. The number of hydrogen-bond donors (Lipinski definition) is 2. The van der Waals surface area contributed by atoms with Gasteiger partial charge in [-0.15, -0.1) is 0 Å². The van der Waals surface area contributed by atoms with Crippen molar-refractivity contribution in [2.75, 3.05) is 6.61 Å². The lowest BCUT2D eigenvalue weighted by Gasteiger charge is -2.41. The second-order valence-corrected chi connectivity index (χ2v) is 7.27. The maximum Gasteiger partial charge on any atom is 0.303 e. The van der Waals surface area contributed by atoms with Gasteiger partial charge in [-0.1, -0.05) is 43.9 Å². The molecule has 1 aliphatic rings. The average Bonchev–Trinajstić information content (AvgIpc) is 2.55. The molecular weight excluding hydrogens is 320 g/mol. The Morgan fingerprint density at radius 2 is 1.84 bits per heavy atom. The minimum atomic E-state index is -0.718. The molecule has 0 aromatic heterocycles. The Morgan fingerprint density at radius 1 is 1.16 bits per heavy atom. The topological polar surface area (TPSA) is 76.0 Å². The normalized spacial score (nSPS) is 22.6. The van der Waals surface area contributed by atoms with E-state index in [1.807, 2.05) is 32.0 Å². The van der Waals surface area contributed by atoms with Gasteiger partial charge in [0.1, 0.15) is 5.75 Å². The summed E-state index contributed by atoms with van der Waals surface area (Å²) in [5.41, 5.74) is 0.824. The van der Waals surface area contributed by atoms with Gasteiger partial charge in [0.2, 0.25) is 0 Å². The van der Waals surface area contributed by atoms with Crippen molar-refractivity contribution < 1.29 is 24.5 Å². The van der Waals surface area contributed by atoms with Crippen LogP contribution in [0.5, 0.6) is 5.75 Å². The van der Waals surface area contributed by atoms with Gasteiger partial charge in [0.25, 0.3) is 0 Å². The smallest absolute Gasteiger partial charge is 0.303 e. The standard InChI is InChI=1S/C20H30O5/c1-20(2)24-14-15(10-6-4-3-5-7-13-18(22)23)19(25-20)16-11-8-9-12-17(16)21/h8-9,11-12,15,19,21H,3-7,10,13-14H2,1-2H3,(H,22,23)/t15-,19+/m1/s1. The second-order valence-electron chi connectivity index (χ2n) is 7.27. The predicted octanol–water partition coefficient (Wildman–Crippen LogP) is 4.65. The molecule has 0 saturated carbocycles. The number of benzene rings is 1. The first-order chi connectivity index (χ1) is 11.9. The lowest BCUT2D eigenvalue weighted by Crippen LogP contribution is -2.41. The molecule has 2 atom stereocenters. The van der Waals surface area contributed by atoms with Crippen molar-refractivity contribution in [3.8, 4) is 5.75 Å². The summed E-state index contributed by atoms with van der Waals surface area (Å²) in [5.74, 6) is -0.894. The van der Waals surface area contributed by atoms with E-state index >= 15 is 0 Å². The highest BCUT2D eigenvalue weighted by atomic mass is 16.7. The molecule has 0 amide bonds. The Labute approximate surface area is 150 Å². The average molecular weight is 350 g/mol. The van der Waals surface area contributed by atoms with Crippen molar-refractivity contribution in [2.24, 2.45) is 5.92 Å². The van der Waals surface area contributed by atoms with E-state index in [4.69, 9.17) is 14.6 Å². The van der Waals surface area contributed by atoms with Crippen LogP contribution in [0.1, 0.15) is 70.5 Å². The number of para-hydroxylation sites is 1. The van der Waals surface area contributed by atoms with Crippen LogP contribution in [-0.2, 0) is 14.3 Å². The second kappa shape index (κ2) is 9.20. The molecule has 2 N–H and O–H groups in total. The first kappa shape index (κ1) is 19.7. The third kappa shape index (κ3) is 6.33. The summed E-state index contributed by atoms with van der Waals surface area (Å²) in [6, 6.07) is 7.34. The maximum absolute atomic E-state index is 10.5. The molecule has 25 heavy (non-hydrogen) atoms. The highest BCUT2D eigenvalue weighted by Gasteiger charge is 2.38. The van der Waals surface area contributed by atoms with Crippen molar-refractivity contribution in [3.05, 3.63) is 29.8 Å². The molecule has 1 aliphatic heterocycles. The Bertz CT molecular complexity index is 555. The molecule has 0 spiro atoms. The van der Waals surface area contributed by atoms with Gasteiger partial charge in [-0.05, 0) is 32.8 Å². The number of carbonyl (C=O) groups is 1. The van der Waals surface area contributed by atoms with Gasteiger partial charge in [-0.3, -0.25) is 4.79 Å². The summed E-state index contributed by atoms with van der Waals surface area (Å²) in [5, 5.41) is 18.8. The van der Waals surface area contributed by atoms with Crippen LogP contribution < -0.4 is 0 Å². The summed E-state index contributed by atoms with van der Waals surface area (Å²) in [4.78, 5) is 10.5. The van der Waals surface area contributed by atoms with Crippen molar-refractivity contribution in [1.29, 1.82) is 0 Å². The summed E-state index contributed by atoms with van der Waals surface area (Å²) < 4.78 is 12.0. The first-order valence-electron chi connectivity index (χ1n) is 9.20. The Balaban J connectivity index is 1.85. The van der Waals surface area contributed by atoms with Gasteiger partial charge < -0.3 is 19.7 Å². The van der Waals surface area contributed by atoms with Crippen molar-refractivity contribution in [3.63, 3.8) is 0 Å². The number of aromatic hydroxyl groups is 1. The quantitative estimate of drug-likeness (QED) is 0.634. The lowest BCUT2D eigenvalue weighted by atomic mass is 9.89. The van der Waals surface area contributed by atoms with Crippen LogP contribution in [-0.4, -0.2) is 28.6 Å². The first-order valence-corrected chi connectivity index (χ1v) is 9.20. The van der Waals surface area contributed by atoms with Crippen LogP contribution in [0.15, 0.2) is 24.3 Å². The van der Waals surface area contributed by atoms with Crippen LogP contribution in [0.25, 0.3) is 0 Å². The van der Waals surface area contributed by atoms with Crippen LogP contribution in [0.3, 0.4) is 0 Å². The van der Waals surface area contributed by atoms with Gasteiger partial charge in [-0.25, -0.2) is 0 Å². The highest BCUT2D eigenvalue weighted by molar-refractivity contribution is 5.66. The van der Waals surface area contributed by atoms with Crippen LogP contribution in [0.4, 0.5) is 0 Å². The van der Waals surface area contributed by atoms with Gasteiger partial charge in [0.15, 0.2) is 5.79 Å². The molecule has 2 rings (SSSR count). The van der Waals surface area contributed by atoms with Crippen molar-refractivity contribution >= 4 is 5.97 Å². The monoisotopic (exact) mass is 350 g/mol. The van der Waals surface area contributed by atoms with Gasteiger partial charge in [-0.2, -0.15) is 0 Å². The molecule has 1 fully saturated rings. The van der Waals surface area contributed by atoms with Gasteiger partial charge in [0.05, 0.1) is 12.7 Å². The molecule has 0 aliphatic carbocycles. The number of hydrogen-bond acceptors (Lipinski definition) is 4. The third-order valence-electron chi connectivity index (χ3n) is 4.69. The fourth-order valence-electron chi connectivity index (χ4n) is 3.32. The molecular formula is C20H30O5. The summed E-state index contributed by atoms with van der Waals surface area (Å²) in [6.45, 7) is 4.42. The Hall–Kier alpha value is -1.59. The van der Waals surface area contributed by atoms with Gasteiger partial charge >= 0.3 is 5.97 Å². The van der Waals surface area contributed by atoms with E-state index < -0.39 is 11.8 Å². The molecule has 5 nitrogen and oxygen atoms in total. The lowest BCUT2D eigenvalue weighted by molar-refractivity contribution is -0.296. The third-order valence-corrected chi connectivity index (χ3v) is 4.69. The zero-order valence-electron chi connectivity index (χ0n) is 15.2. The van der Waals surface area contributed by atoms with Crippen LogP contribution >= 0.6 is 0 Å². The molecule has 0 unspecified atom stereocenters. The summed E-state index contributed by atoms with van der Waals surface area (Å²) in [6.07, 6.45) is 5.94. The largest absolute Gasteiger partial charge is 0.508 e. The molecule has 1 aromatic rings. The number of aliphatic carboxylic acids is 1. The molecule has 1 heterocycles. The number of carboxylic acid groups (broad SMARTS) is 1. The number of rotatable bonds is 9. The maximum atomic E-state index is 10.5. The van der Waals surface area contributed by atoms with Gasteiger partial charge in [0, 0.05) is 17.9 Å². The van der Waals surface area contributed by atoms with Crippen LogP contribution in [0.2, 0.25) is 0 Å². The molecule has 5 heteroatoms. The Kier molecular flexibility index (Phi) is 7.26. The molecule has 140 valence electrons. The minimum absolute atomic E-state index is 0.169. The SMILES string of the molecule is CC1(C)OC[C@@H](CCCCCCCC(=O)O)[C@@H](c2ccccc2O)O1. The van der Waals surface area contributed by atoms with E-state index in [1.165, 1.54) is 0 Å². The number of unbranched alkanes of at least 4 members (excludes halogenated alkanes) is 4. The van der Waals surface area contributed by atoms with E-state index in [0.717, 1.165) is 44.1 Å².